The second-order valence-electron chi connectivity index (χ2n) is 11.2. The monoisotopic (exact) mass is 571 g/mol. The van der Waals surface area contributed by atoms with Crippen LogP contribution in [0.15, 0.2) is 48.0 Å². The van der Waals surface area contributed by atoms with E-state index in [1.165, 1.54) is 56.1 Å². The van der Waals surface area contributed by atoms with Crippen LogP contribution in [0.4, 0.5) is 0 Å². The molecule has 4 saturated carbocycles. The van der Waals surface area contributed by atoms with Gasteiger partial charge in [0, 0.05) is 0 Å². The first-order valence-corrected chi connectivity index (χ1v) is 20.2. The summed E-state index contributed by atoms with van der Waals surface area (Å²) in [6, 6.07) is 17.1. The topological polar surface area (TPSA) is 0 Å². The molecule has 0 spiro atoms. The predicted molar refractivity (Wildman–Crippen MR) is 130 cm³/mol. The van der Waals surface area contributed by atoms with Crippen LogP contribution in [0, 0.1) is 17.8 Å². The Labute approximate surface area is 225 Å². The maximum absolute atomic E-state index is 2.58. The van der Waals surface area contributed by atoms with Gasteiger partial charge in [0.25, 0.3) is 0 Å². The van der Waals surface area contributed by atoms with Gasteiger partial charge in [-0.15, -0.1) is 0 Å². The van der Waals surface area contributed by atoms with Gasteiger partial charge in [0.15, 0.2) is 0 Å². The molecule has 1 unspecified atom stereocenters. The Hall–Kier alpha value is -0.140. The smallest absolute Gasteiger partial charge is 1.00 e. The van der Waals surface area contributed by atoms with Crippen molar-refractivity contribution < 1.29 is 47.2 Å². The number of rotatable bonds is 5. The zero-order valence-corrected chi connectivity index (χ0v) is 25.1. The molecule has 2 aromatic rings. The van der Waals surface area contributed by atoms with Crippen molar-refractivity contribution in [3.63, 3.8) is 0 Å². The molecule has 4 heteroatoms. The fourth-order valence-electron chi connectivity index (χ4n) is 7.95. The van der Waals surface area contributed by atoms with Crippen molar-refractivity contribution in [2.24, 2.45) is 17.8 Å². The van der Waals surface area contributed by atoms with Gasteiger partial charge in [0.2, 0.25) is 0 Å². The molecular weight excluding hydrogens is 539 g/mol. The summed E-state index contributed by atoms with van der Waals surface area (Å²) >= 11 is -0.352. The van der Waals surface area contributed by atoms with Crippen LogP contribution in [0.1, 0.15) is 72.2 Å². The molecule has 5 aliphatic carbocycles. The molecule has 0 aromatic heterocycles. The first-order valence-electron chi connectivity index (χ1n) is 12.6. The number of halogens is 2. The van der Waals surface area contributed by atoms with E-state index in [2.05, 4.69) is 68.6 Å². The van der Waals surface area contributed by atoms with E-state index in [0.717, 1.165) is 21.4 Å². The molecule has 0 saturated heterocycles. The molecule has 7 rings (SSSR count). The summed E-state index contributed by atoms with van der Waals surface area (Å²) in [4.78, 5) is 0. The second-order valence-corrected chi connectivity index (χ2v) is 24.4. The minimum absolute atomic E-state index is 0. The summed E-state index contributed by atoms with van der Waals surface area (Å²) in [5.41, 5.74) is 10.0. The van der Waals surface area contributed by atoms with E-state index in [1.807, 2.05) is 0 Å². The average molecular weight is 574 g/mol. The van der Waals surface area contributed by atoms with Crippen LogP contribution in [0.3, 0.4) is 0 Å². The Morgan fingerprint density at radius 3 is 2.03 bits per heavy atom. The summed E-state index contributed by atoms with van der Waals surface area (Å²) in [5, 5.41) is 0. The second kappa shape index (κ2) is 10.1. The number of allylic oxidation sites excluding steroid dienone is 1. The van der Waals surface area contributed by atoms with Crippen LogP contribution in [-0.2, 0) is 27.8 Å². The van der Waals surface area contributed by atoms with Crippen molar-refractivity contribution >= 4 is 12.0 Å². The molecule has 0 aliphatic heterocycles. The fourth-order valence-corrected chi connectivity index (χ4v) is 17.0. The first kappa shape index (κ1) is 25.9. The minimum Gasteiger partial charge on any atom is -1.00 e. The van der Waals surface area contributed by atoms with Crippen molar-refractivity contribution in [2.45, 2.75) is 74.0 Å². The number of hydrogen-bond acceptors (Lipinski definition) is 0. The van der Waals surface area contributed by atoms with Crippen molar-refractivity contribution in [2.75, 3.05) is 0 Å². The van der Waals surface area contributed by atoms with Crippen LogP contribution in [-0.4, -0.2) is 5.92 Å². The maximum Gasteiger partial charge on any atom is -1.00 e. The molecule has 0 heterocycles. The van der Waals surface area contributed by atoms with Gasteiger partial charge in [0.1, 0.15) is 0 Å². The van der Waals surface area contributed by atoms with Gasteiger partial charge in [-0.1, -0.05) is 0 Å². The quantitative estimate of drug-likeness (QED) is 0.481. The van der Waals surface area contributed by atoms with Gasteiger partial charge in [-0.2, -0.15) is 0 Å². The van der Waals surface area contributed by atoms with Gasteiger partial charge in [0.05, 0.1) is 0 Å². The van der Waals surface area contributed by atoms with Gasteiger partial charge in [-0.05, 0) is 0 Å². The largest absolute Gasteiger partial charge is 1.00 e. The van der Waals surface area contributed by atoms with Crippen LogP contribution in [0.2, 0.25) is 13.1 Å². The molecule has 0 nitrogen and oxygen atoms in total. The minimum atomic E-state index is -0.352. The van der Waals surface area contributed by atoms with Crippen molar-refractivity contribution in [3.05, 3.63) is 64.7 Å². The Kier molecular flexibility index (Phi) is 7.92. The molecule has 1 radical (unpaired) electrons. The summed E-state index contributed by atoms with van der Waals surface area (Å²) in [5.74, 6) is 2.98. The molecule has 173 valence electrons. The summed E-state index contributed by atoms with van der Waals surface area (Å²) in [6.45, 7) is 7.44. The van der Waals surface area contributed by atoms with Crippen LogP contribution in [0.25, 0.3) is 17.2 Å². The van der Waals surface area contributed by atoms with E-state index in [0.29, 0.717) is 5.41 Å². The van der Waals surface area contributed by atoms with E-state index in [1.54, 1.807) is 22.3 Å². The number of benzene rings is 2. The van der Waals surface area contributed by atoms with E-state index in [-0.39, 0.29) is 53.1 Å². The summed E-state index contributed by atoms with van der Waals surface area (Å²) < 4.78 is 0.832. The predicted octanol–water partition coefficient (Wildman–Crippen LogP) is 2.01. The normalized spacial score (nSPS) is 30.8. The third-order valence-corrected chi connectivity index (χ3v) is 17.8. The molecule has 2 aromatic carbocycles. The zero-order chi connectivity index (χ0) is 21.2. The first-order chi connectivity index (χ1) is 15.0. The van der Waals surface area contributed by atoms with Crippen molar-refractivity contribution in [1.29, 1.82) is 0 Å². The zero-order valence-electron chi connectivity index (χ0n) is 20.1. The van der Waals surface area contributed by atoms with Crippen LogP contribution < -0.4 is 24.8 Å². The number of fused-ring (bicyclic) bond motifs is 1. The molecular formula is C29H35Cl2SiZr. The standard InChI is InChI=1S/C27H29.C2H6Si.2ClH.Zr/c1-2-18-13-23-4-3-5-25(26(23)14-18)22-6-8-24(9-7-22)27-15-19-10-20(16-27)12-21(11-19)17-27;1-3-2;;;/h3-9,13-14,19-21H,2,10-12,15-17H2,1H3;1-2H3;2*1H;/q;;;;+2/p-2. The van der Waals surface area contributed by atoms with Gasteiger partial charge >= 0.3 is 202 Å². The van der Waals surface area contributed by atoms with Gasteiger partial charge < -0.3 is 24.8 Å². The van der Waals surface area contributed by atoms with Gasteiger partial charge in [-0.3, -0.25) is 0 Å². The Bertz CT molecular complexity index is 991. The molecule has 33 heavy (non-hydrogen) atoms. The average Bonchev–Trinajstić information content (AvgIpc) is 3.10. The molecule has 1 atom stereocenters. The Morgan fingerprint density at radius 1 is 0.879 bits per heavy atom. The molecule has 0 amide bonds. The van der Waals surface area contributed by atoms with E-state index in [9.17, 15) is 0 Å². The summed E-state index contributed by atoms with van der Waals surface area (Å²) in [7, 11) is 0. The molecule has 0 N–H and O–H groups in total. The van der Waals surface area contributed by atoms with Crippen LogP contribution in [0.5, 0.6) is 0 Å². The molecule has 4 fully saturated rings. The Balaban J connectivity index is 0.00000130. The van der Waals surface area contributed by atoms with E-state index >= 15 is 0 Å². The summed E-state index contributed by atoms with van der Waals surface area (Å²) in [6.07, 6.45) is 12.8. The van der Waals surface area contributed by atoms with E-state index in [4.69, 9.17) is 0 Å². The van der Waals surface area contributed by atoms with Crippen LogP contribution >= 0.6 is 0 Å². The third kappa shape index (κ3) is 4.57. The molecule has 4 bridgehead atoms. The van der Waals surface area contributed by atoms with E-state index < -0.39 is 0 Å². The van der Waals surface area contributed by atoms with Crippen molar-refractivity contribution in [3.8, 4) is 11.1 Å². The fraction of sp³-hybridized carbons (Fsp3) is 0.517. The SMILES string of the molecule is CCC1=Cc2c(-c3ccc(C45CC6CC(CC(C6)C4)C5)cc3)cccc2[CH]1[Zr+2][Si](C)C.[Cl-].[Cl-]. The third-order valence-electron chi connectivity index (χ3n) is 8.84. The van der Waals surface area contributed by atoms with Crippen molar-refractivity contribution in [1.82, 2.24) is 0 Å². The Morgan fingerprint density at radius 2 is 1.48 bits per heavy atom. The molecule has 5 aliphatic rings. The van der Waals surface area contributed by atoms with Gasteiger partial charge in [-0.25, -0.2) is 0 Å². The number of hydrogen-bond donors (Lipinski definition) is 0. The maximum atomic E-state index is 2.58.